The number of phenolic OH excluding ortho intramolecular Hbond substituents is 1. The summed E-state index contributed by atoms with van der Waals surface area (Å²) in [5, 5.41) is 9.29. The molecular formula is C16H18N2O2. The summed E-state index contributed by atoms with van der Waals surface area (Å²) in [5.41, 5.74) is 9.65. The smallest absolute Gasteiger partial charge is 0.258 e. The number of carbonyl (C=O) groups excluding carboxylic acids is 1. The van der Waals surface area contributed by atoms with Crippen molar-refractivity contribution in [2.75, 3.05) is 17.7 Å². The Morgan fingerprint density at radius 3 is 2.30 bits per heavy atom. The van der Waals surface area contributed by atoms with E-state index in [4.69, 9.17) is 5.73 Å². The topological polar surface area (TPSA) is 66.6 Å². The van der Waals surface area contributed by atoms with Crippen molar-refractivity contribution in [3.8, 4) is 5.75 Å². The van der Waals surface area contributed by atoms with Gasteiger partial charge in [-0.1, -0.05) is 6.07 Å². The second-order valence-corrected chi connectivity index (χ2v) is 4.90. The first-order valence-electron chi connectivity index (χ1n) is 6.34. The molecule has 0 atom stereocenters. The molecule has 0 radical (unpaired) electrons. The predicted octanol–water partition coefficient (Wildman–Crippen LogP) is 2.87. The van der Waals surface area contributed by atoms with Crippen molar-refractivity contribution in [1.29, 1.82) is 0 Å². The molecule has 2 aromatic carbocycles. The standard InChI is InChI=1S/C16H18N2O2/c1-10-8-11(2)15(17)9-14(10)16(20)18(3)12-4-6-13(19)7-5-12/h4-9,19H,17H2,1-3H3. The zero-order valence-corrected chi connectivity index (χ0v) is 11.8. The number of amides is 1. The molecule has 0 bridgehead atoms. The number of nitrogen functional groups attached to an aromatic ring is 1. The van der Waals surface area contributed by atoms with Gasteiger partial charge < -0.3 is 15.7 Å². The number of phenols is 1. The van der Waals surface area contributed by atoms with Gasteiger partial charge in [-0.05, 0) is 55.3 Å². The molecule has 0 saturated heterocycles. The molecule has 0 fully saturated rings. The molecule has 0 spiro atoms. The van der Waals surface area contributed by atoms with E-state index in [1.807, 2.05) is 19.9 Å². The lowest BCUT2D eigenvalue weighted by molar-refractivity contribution is 0.0992. The Hall–Kier alpha value is -2.49. The highest BCUT2D eigenvalue weighted by atomic mass is 16.3. The number of nitrogens with zero attached hydrogens (tertiary/aromatic N) is 1. The van der Waals surface area contributed by atoms with Crippen LogP contribution in [0.15, 0.2) is 36.4 Å². The molecular weight excluding hydrogens is 252 g/mol. The lowest BCUT2D eigenvalue weighted by Crippen LogP contribution is -2.27. The summed E-state index contributed by atoms with van der Waals surface area (Å²) >= 11 is 0. The van der Waals surface area contributed by atoms with Gasteiger partial charge in [-0.25, -0.2) is 0 Å². The summed E-state index contributed by atoms with van der Waals surface area (Å²) in [7, 11) is 1.70. The second-order valence-electron chi connectivity index (χ2n) is 4.90. The molecule has 1 amide bonds. The van der Waals surface area contributed by atoms with Crippen LogP contribution in [0.4, 0.5) is 11.4 Å². The van der Waals surface area contributed by atoms with Crippen LogP contribution in [0, 0.1) is 13.8 Å². The highest BCUT2D eigenvalue weighted by molar-refractivity contribution is 6.07. The van der Waals surface area contributed by atoms with Crippen LogP contribution in [0.5, 0.6) is 5.75 Å². The third-order valence-corrected chi connectivity index (χ3v) is 3.39. The number of carbonyl (C=O) groups is 1. The van der Waals surface area contributed by atoms with Gasteiger partial charge in [-0.3, -0.25) is 4.79 Å². The molecule has 0 aliphatic carbocycles. The quantitative estimate of drug-likeness (QED) is 0.825. The van der Waals surface area contributed by atoms with Crippen LogP contribution < -0.4 is 10.6 Å². The monoisotopic (exact) mass is 270 g/mol. The number of rotatable bonds is 2. The van der Waals surface area contributed by atoms with Gasteiger partial charge in [-0.15, -0.1) is 0 Å². The van der Waals surface area contributed by atoms with Gasteiger partial charge in [0.2, 0.25) is 0 Å². The first kappa shape index (κ1) is 13.9. The van der Waals surface area contributed by atoms with E-state index < -0.39 is 0 Å². The number of aromatic hydroxyl groups is 1. The van der Waals surface area contributed by atoms with E-state index in [2.05, 4.69) is 0 Å². The molecule has 20 heavy (non-hydrogen) atoms. The fraction of sp³-hybridized carbons (Fsp3) is 0.188. The van der Waals surface area contributed by atoms with E-state index >= 15 is 0 Å². The number of hydrogen-bond acceptors (Lipinski definition) is 3. The Labute approximate surface area is 118 Å². The molecule has 4 nitrogen and oxygen atoms in total. The summed E-state index contributed by atoms with van der Waals surface area (Å²) < 4.78 is 0. The lowest BCUT2D eigenvalue weighted by atomic mass is 10.0. The Kier molecular flexibility index (Phi) is 3.66. The van der Waals surface area contributed by atoms with Crippen molar-refractivity contribution >= 4 is 17.3 Å². The second kappa shape index (κ2) is 5.25. The van der Waals surface area contributed by atoms with Crippen molar-refractivity contribution in [1.82, 2.24) is 0 Å². The van der Waals surface area contributed by atoms with E-state index in [1.165, 1.54) is 4.90 Å². The largest absolute Gasteiger partial charge is 0.508 e. The number of anilines is 2. The lowest BCUT2D eigenvalue weighted by Gasteiger charge is -2.19. The minimum Gasteiger partial charge on any atom is -0.508 e. The van der Waals surface area contributed by atoms with Crippen molar-refractivity contribution < 1.29 is 9.90 Å². The minimum atomic E-state index is -0.125. The van der Waals surface area contributed by atoms with Crippen molar-refractivity contribution in [3.63, 3.8) is 0 Å². The van der Waals surface area contributed by atoms with Crippen molar-refractivity contribution in [2.24, 2.45) is 0 Å². The minimum absolute atomic E-state index is 0.125. The van der Waals surface area contributed by atoms with Crippen molar-refractivity contribution in [3.05, 3.63) is 53.1 Å². The van der Waals surface area contributed by atoms with Gasteiger partial charge in [0.1, 0.15) is 5.75 Å². The third kappa shape index (κ3) is 2.59. The van der Waals surface area contributed by atoms with Gasteiger partial charge in [0.15, 0.2) is 0 Å². The van der Waals surface area contributed by atoms with Gasteiger partial charge in [0.25, 0.3) is 5.91 Å². The molecule has 0 aromatic heterocycles. The molecule has 2 rings (SSSR count). The van der Waals surface area contributed by atoms with E-state index in [0.29, 0.717) is 16.9 Å². The van der Waals surface area contributed by atoms with Gasteiger partial charge in [0.05, 0.1) is 0 Å². The van der Waals surface area contributed by atoms with Gasteiger partial charge >= 0.3 is 0 Å². The van der Waals surface area contributed by atoms with Crippen LogP contribution in [0.1, 0.15) is 21.5 Å². The first-order valence-corrected chi connectivity index (χ1v) is 6.34. The predicted molar refractivity (Wildman–Crippen MR) is 81.2 cm³/mol. The van der Waals surface area contributed by atoms with Crippen LogP contribution in [-0.4, -0.2) is 18.1 Å². The summed E-state index contributed by atoms with van der Waals surface area (Å²) in [6, 6.07) is 10.1. The summed E-state index contributed by atoms with van der Waals surface area (Å²) in [6.45, 7) is 3.81. The number of benzene rings is 2. The fourth-order valence-corrected chi connectivity index (χ4v) is 2.07. The van der Waals surface area contributed by atoms with Crippen LogP contribution in [0.2, 0.25) is 0 Å². The number of hydrogen-bond donors (Lipinski definition) is 2. The summed E-state index contributed by atoms with van der Waals surface area (Å²) in [6.07, 6.45) is 0. The SMILES string of the molecule is Cc1cc(C)c(C(=O)N(C)c2ccc(O)cc2)cc1N. The maximum Gasteiger partial charge on any atom is 0.258 e. The van der Waals surface area contributed by atoms with Gasteiger partial charge in [0, 0.05) is 24.0 Å². The average Bonchev–Trinajstić information content (AvgIpc) is 2.42. The highest BCUT2D eigenvalue weighted by Gasteiger charge is 2.16. The Morgan fingerprint density at radius 2 is 1.70 bits per heavy atom. The molecule has 0 heterocycles. The average molecular weight is 270 g/mol. The van der Waals surface area contributed by atoms with Crippen LogP contribution in [-0.2, 0) is 0 Å². The molecule has 0 aliphatic heterocycles. The molecule has 104 valence electrons. The Bertz CT molecular complexity index is 648. The molecule has 3 N–H and O–H groups in total. The van der Waals surface area contributed by atoms with Gasteiger partial charge in [-0.2, -0.15) is 0 Å². The number of nitrogens with two attached hydrogens (primary N) is 1. The normalized spacial score (nSPS) is 10.3. The third-order valence-electron chi connectivity index (χ3n) is 3.39. The fourth-order valence-electron chi connectivity index (χ4n) is 2.07. The van der Waals surface area contributed by atoms with Crippen LogP contribution >= 0.6 is 0 Å². The molecule has 0 unspecified atom stereocenters. The van der Waals surface area contributed by atoms with Crippen molar-refractivity contribution in [2.45, 2.75) is 13.8 Å². The van der Waals surface area contributed by atoms with E-state index in [1.54, 1.807) is 37.4 Å². The van der Waals surface area contributed by atoms with Crippen LogP contribution in [0.3, 0.4) is 0 Å². The zero-order chi connectivity index (χ0) is 14.9. The van der Waals surface area contributed by atoms with Crippen LogP contribution in [0.25, 0.3) is 0 Å². The first-order chi connectivity index (χ1) is 9.40. The highest BCUT2D eigenvalue weighted by Crippen LogP contribution is 2.23. The number of aryl methyl sites for hydroxylation is 2. The molecule has 2 aromatic rings. The Balaban J connectivity index is 2.36. The van der Waals surface area contributed by atoms with E-state index in [-0.39, 0.29) is 11.7 Å². The van der Waals surface area contributed by atoms with E-state index in [9.17, 15) is 9.90 Å². The Morgan fingerprint density at radius 1 is 1.10 bits per heavy atom. The maximum absolute atomic E-state index is 12.5. The maximum atomic E-state index is 12.5. The summed E-state index contributed by atoms with van der Waals surface area (Å²) in [4.78, 5) is 14.1. The summed E-state index contributed by atoms with van der Waals surface area (Å²) in [5.74, 6) is 0.0465. The molecule has 4 heteroatoms. The van der Waals surface area contributed by atoms with E-state index in [0.717, 1.165) is 11.1 Å². The molecule has 0 aliphatic rings. The zero-order valence-electron chi connectivity index (χ0n) is 11.8. The molecule has 0 saturated carbocycles.